The van der Waals surface area contributed by atoms with Gasteiger partial charge in [0.25, 0.3) is 0 Å². The van der Waals surface area contributed by atoms with Crippen LogP contribution in [0, 0.1) is 0 Å². The summed E-state index contributed by atoms with van der Waals surface area (Å²) in [5, 5.41) is 0. The Morgan fingerprint density at radius 2 is 2.00 bits per heavy atom. The van der Waals surface area contributed by atoms with Crippen LogP contribution < -0.4 is 0 Å². The second-order valence-corrected chi connectivity index (χ2v) is 2.95. The van der Waals surface area contributed by atoms with Crippen LogP contribution in [0.4, 0.5) is 0 Å². The molecule has 0 saturated heterocycles. The molecular weight excluding hydrogens is 138 g/mol. The fourth-order valence-corrected chi connectivity index (χ4v) is 1.01. The summed E-state index contributed by atoms with van der Waals surface area (Å²) >= 11 is 0. The molecule has 0 spiro atoms. The smallest absolute Gasteiger partial charge is 0.0580 e. The largest absolute Gasteiger partial charge is 0.381 e. The molecule has 1 atom stereocenters. The van der Waals surface area contributed by atoms with Crippen molar-refractivity contribution < 1.29 is 4.74 Å². The lowest BCUT2D eigenvalue weighted by molar-refractivity contribution is 0.0837. The molecule has 11 heavy (non-hydrogen) atoms. The number of rotatable bonds is 6. The molecule has 0 aliphatic rings. The maximum absolute atomic E-state index is 5.27. The molecule has 0 fully saturated rings. The van der Waals surface area contributed by atoms with Crippen molar-refractivity contribution in [3.05, 3.63) is 0 Å². The van der Waals surface area contributed by atoms with Gasteiger partial charge in [0.05, 0.1) is 6.10 Å². The molecule has 2 nitrogen and oxygen atoms in total. The monoisotopic (exact) mass is 159 g/mol. The van der Waals surface area contributed by atoms with Gasteiger partial charge in [-0.15, -0.1) is 0 Å². The summed E-state index contributed by atoms with van der Waals surface area (Å²) in [7, 11) is 3.93. The fraction of sp³-hybridized carbons (Fsp3) is 1.00. The summed E-state index contributed by atoms with van der Waals surface area (Å²) in [6.45, 7) is 6.61. The van der Waals surface area contributed by atoms with Gasteiger partial charge in [0.2, 0.25) is 0 Å². The van der Waals surface area contributed by atoms with E-state index in [1.165, 1.54) is 0 Å². The molecular formula is C9H21NO. The summed E-state index contributed by atoms with van der Waals surface area (Å²) in [5.41, 5.74) is 0. The first-order valence-corrected chi connectivity index (χ1v) is 4.45. The Labute approximate surface area is 70.5 Å². The topological polar surface area (TPSA) is 12.5 Å². The first-order chi connectivity index (χ1) is 5.24. The van der Waals surface area contributed by atoms with Gasteiger partial charge in [-0.2, -0.15) is 0 Å². The Kier molecular flexibility index (Phi) is 6.57. The molecule has 0 rings (SSSR count). The maximum atomic E-state index is 5.27. The summed E-state index contributed by atoms with van der Waals surface area (Å²) < 4.78 is 5.27. The molecule has 0 aromatic rings. The SMILES string of the molecule is CCC(CCN(C)CC)OC. The van der Waals surface area contributed by atoms with E-state index >= 15 is 0 Å². The minimum Gasteiger partial charge on any atom is -0.381 e. The minimum atomic E-state index is 0.448. The molecule has 0 bridgehead atoms. The molecule has 0 aromatic carbocycles. The highest BCUT2D eigenvalue weighted by molar-refractivity contribution is 4.57. The van der Waals surface area contributed by atoms with E-state index in [4.69, 9.17) is 4.74 Å². The summed E-state index contributed by atoms with van der Waals surface area (Å²) in [5.74, 6) is 0. The Morgan fingerprint density at radius 3 is 2.36 bits per heavy atom. The third-order valence-electron chi connectivity index (χ3n) is 2.16. The van der Waals surface area contributed by atoms with E-state index in [9.17, 15) is 0 Å². The molecule has 0 N–H and O–H groups in total. The number of methoxy groups -OCH3 is 1. The van der Waals surface area contributed by atoms with Crippen molar-refractivity contribution in [3.8, 4) is 0 Å². The van der Waals surface area contributed by atoms with E-state index in [0.717, 1.165) is 25.9 Å². The Morgan fingerprint density at radius 1 is 1.36 bits per heavy atom. The van der Waals surface area contributed by atoms with Gasteiger partial charge in [-0.3, -0.25) is 0 Å². The highest BCUT2D eigenvalue weighted by Crippen LogP contribution is 2.02. The molecule has 68 valence electrons. The fourth-order valence-electron chi connectivity index (χ4n) is 1.01. The molecule has 1 unspecified atom stereocenters. The lowest BCUT2D eigenvalue weighted by Gasteiger charge is -2.18. The van der Waals surface area contributed by atoms with Gasteiger partial charge in [0.15, 0.2) is 0 Å². The van der Waals surface area contributed by atoms with Crippen LogP contribution in [0.5, 0.6) is 0 Å². The summed E-state index contributed by atoms with van der Waals surface area (Å²) in [6.07, 6.45) is 2.72. The zero-order valence-corrected chi connectivity index (χ0v) is 8.26. The third kappa shape index (κ3) is 5.22. The predicted octanol–water partition coefficient (Wildman–Crippen LogP) is 1.75. The van der Waals surface area contributed by atoms with Crippen LogP contribution in [-0.4, -0.2) is 38.3 Å². The average molecular weight is 159 g/mol. The van der Waals surface area contributed by atoms with Gasteiger partial charge >= 0.3 is 0 Å². The van der Waals surface area contributed by atoms with Gasteiger partial charge in [0.1, 0.15) is 0 Å². The Bertz CT molecular complexity index is 81.6. The summed E-state index contributed by atoms with van der Waals surface area (Å²) in [6, 6.07) is 0. The molecule has 0 aromatic heterocycles. The highest BCUT2D eigenvalue weighted by atomic mass is 16.5. The molecule has 0 heterocycles. The highest BCUT2D eigenvalue weighted by Gasteiger charge is 2.04. The van der Waals surface area contributed by atoms with Gasteiger partial charge in [0, 0.05) is 13.7 Å². The van der Waals surface area contributed by atoms with E-state index in [1.807, 2.05) is 0 Å². The normalized spacial score (nSPS) is 13.9. The van der Waals surface area contributed by atoms with E-state index in [2.05, 4.69) is 25.8 Å². The molecule has 0 aliphatic heterocycles. The van der Waals surface area contributed by atoms with E-state index in [0.29, 0.717) is 6.10 Å². The van der Waals surface area contributed by atoms with Crippen molar-refractivity contribution >= 4 is 0 Å². The number of hydrogen-bond donors (Lipinski definition) is 0. The number of nitrogens with zero attached hydrogens (tertiary/aromatic N) is 1. The van der Waals surface area contributed by atoms with Crippen LogP contribution in [0.1, 0.15) is 26.7 Å². The van der Waals surface area contributed by atoms with Crippen molar-refractivity contribution in [1.29, 1.82) is 0 Å². The molecule has 2 heteroatoms. The van der Waals surface area contributed by atoms with Crippen molar-refractivity contribution in [2.45, 2.75) is 32.8 Å². The molecule has 0 aliphatic carbocycles. The van der Waals surface area contributed by atoms with Crippen molar-refractivity contribution in [3.63, 3.8) is 0 Å². The summed E-state index contributed by atoms with van der Waals surface area (Å²) in [4.78, 5) is 2.31. The molecule has 0 radical (unpaired) electrons. The zero-order chi connectivity index (χ0) is 8.69. The van der Waals surface area contributed by atoms with Crippen molar-refractivity contribution in [2.75, 3.05) is 27.2 Å². The average Bonchev–Trinajstić information content (AvgIpc) is 2.06. The molecule has 0 amide bonds. The molecule has 0 saturated carbocycles. The van der Waals surface area contributed by atoms with Crippen LogP contribution in [0.2, 0.25) is 0 Å². The van der Waals surface area contributed by atoms with Gasteiger partial charge in [-0.1, -0.05) is 13.8 Å². The number of hydrogen-bond acceptors (Lipinski definition) is 2. The second-order valence-electron chi connectivity index (χ2n) is 2.95. The Balaban J connectivity index is 3.34. The van der Waals surface area contributed by atoms with Crippen LogP contribution in [-0.2, 0) is 4.74 Å². The standard InChI is InChI=1S/C9H21NO/c1-5-9(11-4)7-8-10(3)6-2/h9H,5-8H2,1-4H3. The van der Waals surface area contributed by atoms with Crippen molar-refractivity contribution in [2.24, 2.45) is 0 Å². The van der Waals surface area contributed by atoms with Crippen LogP contribution in [0.15, 0.2) is 0 Å². The van der Waals surface area contributed by atoms with Crippen LogP contribution in [0.3, 0.4) is 0 Å². The number of ether oxygens (including phenoxy) is 1. The van der Waals surface area contributed by atoms with Crippen LogP contribution in [0.25, 0.3) is 0 Å². The van der Waals surface area contributed by atoms with Crippen molar-refractivity contribution in [1.82, 2.24) is 4.90 Å². The van der Waals surface area contributed by atoms with Gasteiger partial charge < -0.3 is 9.64 Å². The lowest BCUT2D eigenvalue weighted by Crippen LogP contribution is -2.23. The first kappa shape index (κ1) is 10.9. The second kappa shape index (κ2) is 6.62. The first-order valence-electron chi connectivity index (χ1n) is 4.45. The van der Waals surface area contributed by atoms with Crippen LogP contribution >= 0.6 is 0 Å². The zero-order valence-electron chi connectivity index (χ0n) is 8.26. The Hall–Kier alpha value is -0.0800. The van der Waals surface area contributed by atoms with E-state index < -0.39 is 0 Å². The third-order valence-corrected chi connectivity index (χ3v) is 2.16. The van der Waals surface area contributed by atoms with E-state index in [-0.39, 0.29) is 0 Å². The minimum absolute atomic E-state index is 0.448. The lowest BCUT2D eigenvalue weighted by atomic mass is 10.2. The maximum Gasteiger partial charge on any atom is 0.0580 e. The van der Waals surface area contributed by atoms with E-state index in [1.54, 1.807) is 7.11 Å². The van der Waals surface area contributed by atoms with Gasteiger partial charge in [-0.25, -0.2) is 0 Å². The predicted molar refractivity (Wildman–Crippen MR) is 48.9 cm³/mol. The van der Waals surface area contributed by atoms with Gasteiger partial charge in [-0.05, 0) is 26.4 Å². The quantitative estimate of drug-likeness (QED) is 0.585.